The van der Waals surface area contributed by atoms with Crippen molar-refractivity contribution in [2.24, 2.45) is 5.92 Å². The summed E-state index contributed by atoms with van der Waals surface area (Å²) in [6.07, 6.45) is 2.50. The monoisotopic (exact) mass is 440 g/mol. The van der Waals surface area contributed by atoms with Gasteiger partial charge in [-0.3, -0.25) is 19.3 Å². The van der Waals surface area contributed by atoms with Crippen molar-refractivity contribution < 1.29 is 23.9 Å². The summed E-state index contributed by atoms with van der Waals surface area (Å²) in [6, 6.07) is 12.6. The van der Waals surface area contributed by atoms with Gasteiger partial charge in [0, 0.05) is 10.6 Å². The van der Waals surface area contributed by atoms with E-state index in [2.05, 4.69) is 5.32 Å². The lowest BCUT2D eigenvalue weighted by Crippen LogP contribution is -2.49. The van der Waals surface area contributed by atoms with Gasteiger partial charge in [-0.25, -0.2) is 4.79 Å². The predicted molar refractivity (Wildman–Crippen MR) is 118 cm³/mol. The molecule has 0 fully saturated rings. The number of esters is 1. The van der Waals surface area contributed by atoms with Crippen molar-refractivity contribution in [3.05, 3.63) is 59.7 Å². The van der Waals surface area contributed by atoms with Gasteiger partial charge in [-0.15, -0.1) is 11.8 Å². The highest BCUT2D eigenvalue weighted by Crippen LogP contribution is 2.28. The minimum Gasteiger partial charge on any atom is -0.454 e. The summed E-state index contributed by atoms with van der Waals surface area (Å²) in [4.78, 5) is 52.7. The molecule has 1 aliphatic heterocycles. The molecule has 7 nitrogen and oxygen atoms in total. The Kier molecular flexibility index (Phi) is 7.12. The minimum absolute atomic E-state index is 0.264. The first kappa shape index (κ1) is 22.6. The fraction of sp³-hybridized carbons (Fsp3) is 0.304. The summed E-state index contributed by atoms with van der Waals surface area (Å²) >= 11 is 1.58. The number of nitrogens with zero attached hydrogens (tertiary/aromatic N) is 1. The largest absolute Gasteiger partial charge is 0.454 e. The van der Waals surface area contributed by atoms with Gasteiger partial charge in [-0.05, 0) is 48.6 Å². The molecule has 0 saturated carbocycles. The SMILES string of the molecule is CC[C@H](C)[C@@H](C(=O)OCC(=O)Nc1ccc(SC)cc1)N1C(=O)c2ccccc2C1=O. The summed E-state index contributed by atoms with van der Waals surface area (Å²) in [5.41, 5.74) is 1.11. The number of anilines is 1. The van der Waals surface area contributed by atoms with E-state index in [-0.39, 0.29) is 17.0 Å². The summed E-state index contributed by atoms with van der Waals surface area (Å²) < 4.78 is 5.21. The molecule has 0 aromatic heterocycles. The molecule has 1 N–H and O–H groups in total. The van der Waals surface area contributed by atoms with Crippen LogP contribution in [0.3, 0.4) is 0 Å². The molecule has 1 aliphatic rings. The standard InChI is InChI=1S/C23H24N2O5S/c1-4-14(2)20(25-21(27)17-7-5-6-8-18(17)22(25)28)23(29)30-13-19(26)24-15-9-11-16(31-3)12-10-15/h5-12,14,20H,4,13H2,1-3H3,(H,24,26)/t14-,20-/m0/s1. The van der Waals surface area contributed by atoms with Crippen LogP contribution in [-0.4, -0.2) is 47.5 Å². The van der Waals surface area contributed by atoms with Gasteiger partial charge < -0.3 is 10.1 Å². The molecule has 31 heavy (non-hydrogen) atoms. The van der Waals surface area contributed by atoms with E-state index in [1.54, 1.807) is 55.1 Å². The molecule has 0 radical (unpaired) electrons. The molecule has 0 bridgehead atoms. The van der Waals surface area contributed by atoms with E-state index in [1.165, 1.54) is 0 Å². The van der Waals surface area contributed by atoms with Crippen molar-refractivity contribution in [3.8, 4) is 0 Å². The highest BCUT2D eigenvalue weighted by Gasteiger charge is 2.45. The number of nitrogens with one attached hydrogen (secondary N) is 1. The molecule has 1 heterocycles. The Morgan fingerprint density at radius 1 is 1.03 bits per heavy atom. The van der Waals surface area contributed by atoms with Crippen LogP contribution in [0, 0.1) is 5.92 Å². The summed E-state index contributed by atoms with van der Waals surface area (Å²) in [7, 11) is 0. The molecule has 0 saturated heterocycles. The zero-order valence-corrected chi connectivity index (χ0v) is 18.4. The Hall–Kier alpha value is -3.13. The number of benzene rings is 2. The first-order valence-corrected chi connectivity index (χ1v) is 11.2. The third-order valence-corrected chi connectivity index (χ3v) is 5.99. The number of amides is 3. The van der Waals surface area contributed by atoms with Crippen LogP contribution in [0.15, 0.2) is 53.4 Å². The number of carbonyl (C=O) groups excluding carboxylic acids is 4. The third kappa shape index (κ3) is 4.80. The average Bonchev–Trinajstić information content (AvgIpc) is 3.03. The first-order chi connectivity index (χ1) is 14.9. The first-order valence-electron chi connectivity index (χ1n) is 9.94. The minimum atomic E-state index is -1.11. The van der Waals surface area contributed by atoms with Crippen molar-refractivity contribution in [1.29, 1.82) is 0 Å². The van der Waals surface area contributed by atoms with Gasteiger partial charge in [0.2, 0.25) is 0 Å². The van der Waals surface area contributed by atoms with Crippen LogP contribution in [0.1, 0.15) is 41.0 Å². The number of hydrogen-bond acceptors (Lipinski definition) is 6. The van der Waals surface area contributed by atoms with Crippen LogP contribution >= 0.6 is 11.8 Å². The van der Waals surface area contributed by atoms with E-state index in [0.717, 1.165) is 9.80 Å². The van der Waals surface area contributed by atoms with E-state index >= 15 is 0 Å². The van der Waals surface area contributed by atoms with Crippen LogP contribution in [0.4, 0.5) is 5.69 Å². The molecule has 0 unspecified atom stereocenters. The van der Waals surface area contributed by atoms with Gasteiger partial charge in [0.05, 0.1) is 11.1 Å². The molecule has 2 aromatic rings. The molecule has 2 aromatic carbocycles. The van der Waals surface area contributed by atoms with Crippen molar-refractivity contribution in [3.63, 3.8) is 0 Å². The van der Waals surface area contributed by atoms with Gasteiger partial charge in [-0.1, -0.05) is 32.4 Å². The molecule has 0 spiro atoms. The molecule has 3 rings (SSSR count). The van der Waals surface area contributed by atoms with Crippen molar-refractivity contribution in [2.45, 2.75) is 31.2 Å². The Morgan fingerprint density at radius 3 is 2.13 bits per heavy atom. The lowest BCUT2D eigenvalue weighted by atomic mass is 9.97. The highest BCUT2D eigenvalue weighted by atomic mass is 32.2. The molecular formula is C23H24N2O5S. The van der Waals surface area contributed by atoms with E-state index in [0.29, 0.717) is 12.1 Å². The number of imide groups is 1. The number of rotatable bonds is 8. The van der Waals surface area contributed by atoms with Crippen molar-refractivity contribution in [1.82, 2.24) is 4.90 Å². The summed E-state index contributed by atoms with van der Waals surface area (Å²) in [6.45, 7) is 3.11. The second kappa shape index (κ2) is 9.78. The summed E-state index contributed by atoms with van der Waals surface area (Å²) in [5, 5.41) is 2.66. The fourth-order valence-corrected chi connectivity index (χ4v) is 3.78. The van der Waals surface area contributed by atoms with Crippen LogP contribution in [0.2, 0.25) is 0 Å². The van der Waals surface area contributed by atoms with E-state index in [9.17, 15) is 19.2 Å². The second-order valence-electron chi connectivity index (χ2n) is 7.24. The van der Waals surface area contributed by atoms with Crippen LogP contribution in [0.25, 0.3) is 0 Å². The lowest BCUT2D eigenvalue weighted by Gasteiger charge is -2.28. The normalized spacial score (nSPS) is 14.7. The van der Waals surface area contributed by atoms with Gasteiger partial charge in [0.1, 0.15) is 6.04 Å². The van der Waals surface area contributed by atoms with Gasteiger partial charge in [0.15, 0.2) is 6.61 Å². The van der Waals surface area contributed by atoms with Crippen LogP contribution in [0.5, 0.6) is 0 Å². The molecule has 8 heteroatoms. The van der Waals surface area contributed by atoms with Gasteiger partial charge in [-0.2, -0.15) is 0 Å². The zero-order valence-electron chi connectivity index (χ0n) is 17.6. The van der Waals surface area contributed by atoms with Gasteiger partial charge in [0.25, 0.3) is 17.7 Å². The smallest absolute Gasteiger partial charge is 0.330 e. The van der Waals surface area contributed by atoms with E-state index < -0.39 is 36.3 Å². The van der Waals surface area contributed by atoms with E-state index in [1.807, 2.05) is 25.3 Å². The highest BCUT2D eigenvalue weighted by molar-refractivity contribution is 7.98. The number of hydrogen-bond donors (Lipinski definition) is 1. The van der Waals surface area contributed by atoms with Crippen LogP contribution < -0.4 is 5.32 Å². The number of carbonyl (C=O) groups is 4. The number of fused-ring (bicyclic) bond motifs is 1. The fourth-order valence-electron chi connectivity index (χ4n) is 3.37. The number of thioether (sulfide) groups is 1. The van der Waals surface area contributed by atoms with Crippen LogP contribution in [-0.2, 0) is 14.3 Å². The Morgan fingerprint density at radius 2 is 1.61 bits per heavy atom. The molecule has 162 valence electrons. The Bertz CT molecular complexity index is 970. The van der Waals surface area contributed by atoms with Crippen molar-refractivity contribution >= 4 is 41.1 Å². The zero-order chi connectivity index (χ0) is 22.5. The molecular weight excluding hydrogens is 416 g/mol. The average molecular weight is 441 g/mol. The Balaban J connectivity index is 1.69. The summed E-state index contributed by atoms with van der Waals surface area (Å²) in [5.74, 6) is -2.67. The number of ether oxygens (including phenoxy) is 1. The van der Waals surface area contributed by atoms with Crippen molar-refractivity contribution in [2.75, 3.05) is 18.2 Å². The third-order valence-electron chi connectivity index (χ3n) is 5.25. The topological polar surface area (TPSA) is 92.8 Å². The maximum absolute atomic E-state index is 12.9. The molecule has 0 aliphatic carbocycles. The molecule has 3 amide bonds. The molecule has 2 atom stereocenters. The quantitative estimate of drug-likeness (QED) is 0.383. The Labute approximate surface area is 185 Å². The lowest BCUT2D eigenvalue weighted by molar-refractivity contribution is -0.152. The van der Waals surface area contributed by atoms with E-state index in [4.69, 9.17) is 4.74 Å². The predicted octanol–water partition coefficient (Wildman–Crippen LogP) is 3.60. The maximum Gasteiger partial charge on any atom is 0.330 e. The second-order valence-corrected chi connectivity index (χ2v) is 8.12. The van der Waals surface area contributed by atoms with Gasteiger partial charge >= 0.3 is 5.97 Å². The maximum atomic E-state index is 12.9.